The van der Waals surface area contributed by atoms with Crippen molar-refractivity contribution in [2.75, 3.05) is 26.4 Å². The second kappa shape index (κ2) is 9.89. The summed E-state index contributed by atoms with van der Waals surface area (Å²) in [5.74, 6) is 0.234. The van der Waals surface area contributed by atoms with Crippen LogP contribution in [0.1, 0.15) is 29.7 Å². The van der Waals surface area contributed by atoms with E-state index in [1.807, 2.05) is 34.9 Å². The van der Waals surface area contributed by atoms with Gasteiger partial charge in [-0.1, -0.05) is 42.1 Å². The van der Waals surface area contributed by atoms with E-state index in [0.717, 1.165) is 48.5 Å². The molecule has 0 aliphatic heterocycles. The number of hydrogen-bond acceptors (Lipinski definition) is 4. The minimum absolute atomic E-state index is 0.0411. The van der Waals surface area contributed by atoms with Gasteiger partial charge in [0.05, 0.1) is 32.9 Å². The first kappa shape index (κ1) is 20.6. The van der Waals surface area contributed by atoms with Gasteiger partial charge in [-0.2, -0.15) is 4.98 Å². The molecule has 28 heavy (non-hydrogen) atoms. The van der Waals surface area contributed by atoms with E-state index in [4.69, 9.17) is 0 Å². The maximum Gasteiger partial charge on any atom is 0.349 e. The van der Waals surface area contributed by atoms with Gasteiger partial charge in [-0.25, -0.2) is 4.79 Å². The fourth-order valence-corrected chi connectivity index (χ4v) is 4.32. The maximum atomic E-state index is 12.6. The summed E-state index contributed by atoms with van der Waals surface area (Å²) >= 11 is 1.38. The van der Waals surface area contributed by atoms with Crippen LogP contribution in [-0.2, 0) is 30.7 Å². The van der Waals surface area contributed by atoms with Crippen LogP contribution in [-0.4, -0.2) is 41.9 Å². The van der Waals surface area contributed by atoms with Crippen molar-refractivity contribution in [3.05, 3.63) is 57.6 Å². The Morgan fingerprint density at radius 1 is 1.21 bits per heavy atom. The van der Waals surface area contributed by atoms with Gasteiger partial charge in [0.2, 0.25) is 5.91 Å². The van der Waals surface area contributed by atoms with Gasteiger partial charge in [0, 0.05) is 17.8 Å². The Morgan fingerprint density at radius 2 is 1.96 bits per heavy atom. The number of benzene rings is 1. The fourth-order valence-electron chi connectivity index (χ4n) is 3.41. The van der Waals surface area contributed by atoms with Crippen molar-refractivity contribution < 1.29 is 9.69 Å². The summed E-state index contributed by atoms with van der Waals surface area (Å²) in [6.07, 6.45) is 4.07. The van der Waals surface area contributed by atoms with Crippen LogP contribution >= 0.6 is 11.8 Å². The van der Waals surface area contributed by atoms with Gasteiger partial charge in [-0.3, -0.25) is 9.36 Å². The molecule has 2 aromatic rings. The van der Waals surface area contributed by atoms with E-state index >= 15 is 0 Å². The minimum Gasteiger partial charge on any atom is -0.351 e. The standard InChI is InChI=1S/C21H28N4O2S/c1-24(2)12-13-25-18-11-7-6-10-17(18)20(23-21(25)27)28-15-19(26)22-14-16-8-4-3-5-9-16/h3-5,8-9H,6-7,10-15H2,1-2H3,(H,22,26)/p+1. The third kappa shape index (κ3) is 5.45. The van der Waals surface area contributed by atoms with E-state index in [0.29, 0.717) is 13.1 Å². The molecule has 0 fully saturated rings. The quantitative estimate of drug-likeness (QED) is 0.504. The highest BCUT2D eigenvalue weighted by Crippen LogP contribution is 2.28. The van der Waals surface area contributed by atoms with Gasteiger partial charge in [0.1, 0.15) is 5.03 Å². The predicted molar refractivity (Wildman–Crippen MR) is 112 cm³/mol. The van der Waals surface area contributed by atoms with Crippen LogP contribution in [0.15, 0.2) is 40.2 Å². The molecule has 1 aliphatic rings. The normalized spacial score (nSPS) is 13.4. The molecule has 0 saturated carbocycles. The number of quaternary nitrogens is 1. The SMILES string of the molecule is C[NH+](C)CCn1c2c(c(SCC(=O)NCc3ccccc3)nc1=O)CCCC2. The van der Waals surface area contributed by atoms with E-state index < -0.39 is 0 Å². The number of thioether (sulfide) groups is 1. The number of fused-ring (bicyclic) bond motifs is 1. The van der Waals surface area contributed by atoms with Gasteiger partial charge < -0.3 is 10.2 Å². The zero-order valence-corrected chi connectivity index (χ0v) is 17.5. The number of aromatic nitrogens is 2. The highest BCUT2D eigenvalue weighted by atomic mass is 32.2. The third-order valence-corrected chi connectivity index (χ3v) is 5.98. The molecule has 0 unspecified atom stereocenters. The number of carbonyl (C=O) groups excluding carboxylic acids is 1. The second-order valence-electron chi connectivity index (χ2n) is 7.49. The van der Waals surface area contributed by atoms with Crippen LogP contribution in [0.2, 0.25) is 0 Å². The summed E-state index contributed by atoms with van der Waals surface area (Å²) in [6, 6.07) is 9.84. The number of likely N-dealkylation sites (N-methyl/N-ethyl adjacent to an activating group) is 1. The lowest BCUT2D eigenvalue weighted by atomic mass is 9.97. The molecule has 1 amide bonds. The molecule has 0 bridgehead atoms. The Kier molecular flexibility index (Phi) is 7.28. The Bertz CT molecular complexity index is 865. The monoisotopic (exact) mass is 401 g/mol. The van der Waals surface area contributed by atoms with Crippen LogP contribution in [0.5, 0.6) is 0 Å². The first-order valence-electron chi connectivity index (χ1n) is 9.89. The lowest BCUT2D eigenvalue weighted by Gasteiger charge is -2.23. The summed E-state index contributed by atoms with van der Waals surface area (Å²) in [5.41, 5.74) is 3.18. The molecule has 0 atom stereocenters. The summed E-state index contributed by atoms with van der Waals surface area (Å²) in [4.78, 5) is 30.5. The summed E-state index contributed by atoms with van der Waals surface area (Å²) in [5, 5.41) is 3.67. The topological polar surface area (TPSA) is 68.4 Å². The molecule has 1 aromatic heterocycles. The van der Waals surface area contributed by atoms with Crippen molar-refractivity contribution in [1.82, 2.24) is 14.9 Å². The van der Waals surface area contributed by atoms with E-state index in [1.165, 1.54) is 22.2 Å². The largest absolute Gasteiger partial charge is 0.351 e. The summed E-state index contributed by atoms with van der Waals surface area (Å²) in [6.45, 7) is 2.10. The number of rotatable bonds is 8. The average Bonchev–Trinajstić information content (AvgIpc) is 2.70. The van der Waals surface area contributed by atoms with Crippen molar-refractivity contribution in [2.45, 2.75) is 43.8 Å². The van der Waals surface area contributed by atoms with E-state index in [9.17, 15) is 9.59 Å². The summed E-state index contributed by atoms with van der Waals surface area (Å²) in [7, 11) is 4.17. The smallest absolute Gasteiger partial charge is 0.349 e. The fraction of sp³-hybridized carbons (Fsp3) is 0.476. The van der Waals surface area contributed by atoms with Crippen LogP contribution in [0.4, 0.5) is 0 Å². The van der Waals surface area contributed by atoms with Gasteiger partial charge in [0.15, 0.2) is 0 Å². The van der Waals surface area contributed by atoms with E-state index in [-0.39, 0.29) is 17.3 Å². The molecule has 3 rings (SSSR count). The molecular weight excluding hydrogens is 372 g/mol. The third-order valence-electron chi connectivity index (χ3n) is 4.96. The minimum atomic E-state index is -0.186. The van der Waals surface area contributed by atoms with Gasteiger partial charge >= 0.3 is 5.69 Å². The molecule has 150 valence electrons. The number of nitrogens with zero attached hydrogens (tertiary/aromatic N) is 2. The molecule has 6 nitrogen and oxygen atoms in total. The van der Waals surface area contributed by atoms with Gasteiger partial charge in [-0.15, -0.1) is 0 Å². The Morgan fingerprint density at radius 3 is 2.71 bits per heavy atom. The molecule has 0 radical (unpaired) electrons. The molecule has 1 aliphatic carbocycles. The van der Waals surface area contributed by atoms with E-state index in [1.54, 1.807) is 0 Å². The van der Waals surface area contributed by atoms with Crippen LogP contribution in [0, 0.1) is 0 Å². The van der Waals surface area contributed by atoms with Crippen LogP contribution < -0.4 is 15.9 Å². The Labute approximate surface area is 170 Å². The van der Waals surface area contributed by atoms with Gasteiger partial charge in [0.25, 0.3) is 0 Å². The highest BCUT2D eigenvalue weighted by Gasteiger charge is 2.21. The zero-order chi connectivity index (χ0) is 19.9. The highest BCUT2D eigenvalue weighted by molar-refractivity contribution is 7.99. The van der Waals surface area contributed by atoms with Crippen molar-refractivity contribution in [2.24, 2.45) is 0 Å². The summed E-state index contributed by atoms with van der Waals surface area (Å²) < 4.78 is 1.85. The predicted octanol–water partition coefficient (Wildman–Crippen LogP) is 0.675. The molecule has 1 heterocycles. The van der Waals surface area contributed by atoms with Gasteiger partial charge in [-0.05, 0) is 31.2 Å². The van der Waals surface area contributed by atoms with E-state index in [2.05, 4.69) is 24.4 Å². The van der Waals surface area contributed by atoms with Crippen molar-refractivity contribution in [3.63, 3.8) is 0 Å². The van der Waals surface area contributed by atoms with Crippen molar-refractivity contribution in [3.8, 4) is 0 Å². The average molecular weight is 402 g/mol. The molecule has 1 aromatic carbocycles. The lowest BCUT2D eigenvalue weighted by Crippen LogP contribution is -3.06. The van der Waals surface area contributed by atoms with Crippen molar-refractivity contribution >= 4 is 17.7 Å². The number of amides is 1. The van der Waals surface area contributed by atoms with Crippen molar-refractivity contribution in [1.29, 1.82) is 0 Å². The molecule has 0 saturated heterocycles. The Hall–Kier alpha value is -2.12. The molecular formula is C21H29N4O2S+. The first-order valence-corrected chi connectivity index (χ1v) is 10.9. The second-order valence-corrected chi connectivity index (χ2v) is 8.46. The number of hydrogen-bond donors (Lipinski definition) is 2. The first-order chi connectivity index (χ1) is 13.5. The zero-order valence-electron chi connectivity index (χ0n) is 16.7. The maximum absolute atomic E-state index is 12.6. The molecule has 2 N–H and O–H groups in total. The van der Waals surface area contributed by atoms with Crippen LogP contribution in [0.25, 0.3) is 0 Å². The number of nitrogens with one attached hydrogen (secondary N) is 2. The van der Waals surface area contributed by atoms with Crippen LogP contribution in [0.3, 0.4) is 0 Å². The Balaban J connectivity index is 1.67. The number of carbonyl (C=O) groups is 1. The molecule has 0 spiro atoms. The lowest BCUT2D eigenvalue weighted by molar-refractivity contribution is -0.859. The molecule has 7 heteroatoms.